The molecule has 1 N–H and O–H groups in total. The lowest BCUT2D eigenvalue weighted by Gasteiger charge is -2.10. The van der Waals surface area contributed by atoms with E-state index in [0.29, 0.717) is 11.7 Å². The lowest BCUT2D eigenvalue weighted by molar-refractivity contribution is -0.118. The quantitative estimate of drug-likeness (QED) is 0.822. The summed E-state index contributed by atoms with van der Waals surface area (Å²) in [6.07, 6.45) is 0. The molecule has 22 heavy (non-hydrogen) atoms. The molecule has 0 aliphatic heterocycles. The number of halogens is 1. The highest BCUT2D eigenvalue weighted by Crippen LogP contribution is 2.21. The molecule has 2 rings (SSSR count). The minimum Gasteiger partial charge on any atom is -0.484 e. The highest BCUT2D eigenvalue weighted by atomic mass is 79.9. The fraction of sp³-hybridized carbons (Fsp3) is 0.278. The smallest absolute Gasteiger partial charge is 0.262 e. The molecule has 0 aliphatic carbocycles. The van der Waals surface area contributed by atoms with Crippen molar-refractivity contribution in [2.75, 3.05) is 11.9 Å². The van der Waals surface area contributed by atoms with Gasteiger partial charge in [-0.25, -0.2) is 0 Å². The summed E-state index contributed by atoms with van der Waals surface area (Å²) in [7, 11) is 0. The van der Waals surface area contributed by atoms with Crippen molar-refractivity contribution in [2.45, 2.75) is 26.7 Å². The molecule has 4 heteroatoms. The first-order valence-electron chi connectivity index (χ1n) is 7.24. The van der Waals surface area contributed by atoms with E-state index in [1.807, 2.05) is 49.4 Å². The van der Waals surface area contributed by atoms with Gasteiger partial charge >= 0.3 is 0 Å². The maximum atomic E-state index is 11.9. The van der Waals surface area contributed by atoms with Crippen LogP contribution in [0.3, 0.4) is 0 Å². The number of rotatable bonds is 5. The minimum atomic E-state index is -0.169. The third kappa shape index (κ3) is 4.60. The predicted octanol–water partition coefficient (Wildman–Crippen LogP) is 4.90. The molecule has 1 amide bonds. The zero-order valence-electron chi connectivity index (χ0n) is 13.0. The summed E-state index contributed by atoms with van der Waals surface area (Å²) in [5.74, 6) is 0.998. The molecule has 0 radical (unpaired) electrons. The molecule has 2 aromatic carbocycles. The van der Waals surface area contributed by atoms with E-state index in [1.165, 1.54) is 5.56 Å². The number of amides is 1. The Morgan fingerprint density at radius 2 is 1.86 bits per heavy atom. The molecule has 0 atom stereocenters. The van der Waals surface area contributed by atoms with Gasteiger partial charge in [-0.2, -0.15) is 0 Å². The molecule has 0 saturated carbocycles. The number of benzene rings is 2. The SMILES string of the molecule is Cc1cc(OCC(=O)Nc2ccc(C(C)C)cc2)ccc1Br. The predicted molar refractivity (Wildman–Crippen MR) is 93.5 cm³/mol. The monoisotopic (exact) mass is 361 g/mol. The topological polar surface area (TPSA) is 38.3 Å². The molecule has 0 fully saturated rings. The van der Waals surface area contributed by atoms with Crippen molar-refractivity contribution in [1.82, 2.24) is 0 Å². The van der Waals surface area contributed by atoms with E-state index in [1.54, 1.807) is 0 Å². The molecule has 0 saturated heterocycles. The zero-order valence-corrected chi connectivity index (χ0v) is 14.6. The Hall–Kier alpha value is -1.81. The van der Waals surface area contributed by atoms with E-state index in [0.717, 1.165) is 15.7 Å². The highest BCUT2D eigenvalue weighted by molar-refractivity contribution is 9.10. The van der Waals surface area contributed by atoms with Crippen LogP contribution in [-0.2, 0) is 4.79 Å². The van der Waals surface area contributed by atoms with E-state index in [2.05, 4.69) is 35.1 Å². The lowest BCUT2D eigenvalue weighted by Crippen LogP contribution is -2.20. The Morgan fingerprint density at radius 1 is 1.18 bits per heavy atom. The average Bonchev–Trinajstić information content (AvgIpc) is 2.49. The summed E-state index contributed by atoms with van der Waals surface area (Å²) in [5.41, 5.74) is 3.10. The molecule has 0 heterocycles. The van der Waals surface area contributed by atoms with Crippen molar-refractivity contribution in [3.63, 3.8) is 0 Å². The van der Waals surface area contributed by atoms with Crippen LogP contribution in [0.15, 0.2) is 46.9 Å². The second-order valence-corrected chi connectivity index (χ2v) is 6.38. The van der Waals surface area contributed by atoms with E-state index in [-0.39, 0.29) is 12.5 Å². The number of carbonyl (C=O) groups excluding carboxylic acids is 1. The van der Waals surface area contributed by atoms with Crippen LogP contribution >= 0.6 is 15.9 Å². The van der Waals surface area contributed by atoms with Gasteiger partial charge in [0, 0.05) is 10.2 Å². The van der Waals surface area contributed by atoms with Gasteiger partial charge in [0.2, 0.25) is 0 Å². The minimum absolute atomic E-state index is 0.00694. The van der Waals surface area contributed by atoms with Crippen LogP contribution in [-0.4, -0.2) is 12.5 Å². The largest absolute Gasteiger partial charge is 0.484 e. The van der Waals surface area contributed by atoms with Crippen LogP contribution in [0.2, 0.25) is 0 Å². The van der Waals surface area contributed by atoms with Crippen LogP contribution in [0.5, 0.6) is 5.75 Å². The van der Waals surface area contributed by atoms with E-state index >= 15 is 0 Å². The molecule has 2 aromatic rings. The van der Waals surface area contributed by atoms with Gasteiger partial charge in [-0.3, -0.25) is 4.79 Å². The van der Waals surface area contributed by atoms with Gasteiger partial charge in [0.25, 0.3) is 5.91 Å². The Kier molecular flexibility index (Phi) is 5.61. The van der Waals surface area contributed by atoms with E-state index < -0.39 is 0 Å². The molecule has 0 unspecified atom stereocenters. The second kappa shape index (κ2) is 7.45. The van der Waals surface area contributed by atoms with Gasteiger partial charge in [0.05, 0.1) is 0 Å². The third-order valence-corrected chi connectivity index (χ3v) is 4.25. The lowest BCUT2D eigenvalue weighted by atomic mass is 10.0. The standard InChI is InChI=1S/C18H20BrNO2/c1-12(2)14-4-6-15(7-5-14)20-18(21)11-22-16-8-9-17(19)13(3)10-16/h4-10,12H,11H2,1-3H3,(H,20,21). The maximum absolute atomic E-state index is 11.9. The van der Waals surface area contributed by atoms with Crippen molar-refractivity contribution in [3.05, 3.63) is 58.1 Å². The number of hydrogen-bond acceptors (Lipinski definition) is 2. The molecule has 3 nitrogen and oxygen atoms in total. The summed E-state index contributed by atoms with van der Waals surface area (Å²) >= 11 is 3.43. The first kappa shape index (κ1) is 16.6. The number of nitrogens with one attached hydrogen (secondary N) is 1. The summed E-state index contributed by atoms with van der Waals surface area (Å²) in [4.78, 5) is 11.9. The highest BCUT2D eigenvalue weighted by Gasteiger charge is 2.05. The molecule has 0 aromatic heterocycles. The first-order valence-corrected chi connectivity index (χ1v) is 8.04. The fourth-order valence-electron chi connectivity index (χ4n) is 2.00. The zero-order chi connectivity index (χ0) is 16.1. The van der Waals surface area contributed by atoms with Crippen molar-refractivity contribution < 1.29 is 9.53 Å². The normalized spacial score (nSPS) is 10.6. The van der Waals surface area contributed by atoms with Crippen molar-refractivity contribution >= 4 is 27.5 Å². The summed E-state index contributed by atoms with van der Waals surface area (Å²) in [5, 5.41) is 2.83. The van der Waals surface area contributed by atoms with Gasteiger partial charge in [-0.05, 0) is 54.3 Å². The molecular formula is C18H20BrNO2. The Labute approximate surface area is 139 Å². The fourth-order valence-corrected chi connectivity index (χ4v) is 2.25. The third-order valence-electron chi connectivity index (χ3n) is 3.36. The average molecular weight is 362 g/mol. The number of carbonyl (C=O) groups is 1. The summed E-state index contributed by atoms with van der Waals surface area (Å²) < 4.78 is 6.53. The Morgan fingerprint density at radius 3 is 2.45 bits per heavy atom. The number of anilines is 1. The molecule has 0 bridgehead atoms. The summed E-state index contributed by atoms with van der Waals surface area (Å²) in [6, 6.07) is 13.5. The van der Waals surface area contributed by atoms with Gasteiger partial charge < -0.3 is 10.1 Å². The molecular weight excluding hydrogens is 342 g/mol. The number of ether oxygens (including phenoxy) is 1. The molecule has 116 valence electrons. The van der Waals surface area contributed by atoms with Gasteiger partial charge in [0.15, 0.2) is 6.61 Å². The van der Waals surface area contributed by atoms with Crippen LogP contribution < -0.4 is 10.1 Å². The molecule has 0 aliphatic rings. The van der Waals surface area contributed by atoms with Crippen LogP contribution in [0.25, 0.3) is 0 Å². The van der Waals surface area contributed by atoms with E-state index in [9.17, 15) is 4.79 Å². The summed E-state index contributed by atoms with van der Waals surface area (Å²) in [6.45, 7) is 6.25. The van der Waals surface area contributed by atoms with Crippen molar-refractivity contribution in [1.29, 1.82) is 0 Å². The maximum Gasteiger partial charge on any atom is 0.262 e. The van der Waals surface area contributed by atoms with Gasteiger partial charge in [0.1, 0.15) is 5.75 Å². The van der Waals surface area contributed by atoms with Crippen LogP contribution in [0.1, 0.15) is 30.9 Å². The van der Waals surface area contributed by atoms with Crippen LogP contribution in [0.4, 0.5) is 5.69 Å². The first-order chi connectivity index (χ1) is 10.5. The Balaban J connectivity index is 1.88. The number of hydrogen-bond donors (Lipinski definition) is 1. The second-order valence-electron chi connectivity index (χ2n) is 5.52. The van der Waals surface area contributed by atoms with Gasteiger partial charge in [-0.1, -0.05) is 41.9 Å². The van der Waals surface area contributed by atoms with Crippen LogP contribution in [0, 0.1) is 6.92 Å². The van der Waals surface area contributed by atoms with Crippen molar-refractivity contribution in [3.8, 4) is 5.75 Å². The van der Waals surface area contributed by atoms with E-state index in [4.69, 9.17) is 4.74 Å². The Bertz CT molecular complexity index is 651. The molecule has 0 spiro atoms. The van der Waals surface area contributed by atoms with Crippen molar-refractivity contribution in [2.24, 2.45) is 0 Å². The number of aryl methyl sites for hydroxylation is 1. The van der Waals surface area contributed by atoms with Gasteiger partial charge in [-0.15, -0.1) is 0 Å².